The van der Waals surface area contributed by atoms with E-state index in [0.717, 1.165) is 18.7 Å². The van der Waals surface area contributed by atoms with E-state index in [4.69, 9.17) is 0 Å². The summed E-state index contributed by atoms with van der Waals surface area (Å²) in [4.78, 5) is 11.9. The van der Waals surface area contributed by atoms with Gasteiger partial charge >= 0.3 is 0 Å². The molecular weight excluding hydrogens is 248 g/mol. The normalized spacial score (nSPS) is 19.8. The van der Waals surface area contributed by atoms with Gasteiger partial charge in [0.05, 0.1) is 0 Å². The summed E-state index contributed by atoms with van der Waals surface area (Å²) in [5.41, 5.74) is 2.30. The second-order valence-electron chi connectivity index (χ2n) is 5.46. The Hall–Kier alpha value is -1.06. The SMILES string of the molecule is CNCc1ccc(NC(=O)C2CC2(C)C)cc1.Cl. The highest BCUT2D eigenvalue weighted by Gasteiger charge is 2.50. The van der Waals surface area contributed by atoms with Gasteiger partial charge in [-0.15, -0.1) is 12.4 Å². The molecule has 1 atom stereocenters. The van der Waals surface area contributed by atoms with Gasteiger partial charge < -0.3 is 10.6 Å². The van der Waals surface area contributed by atoms with E-state index in [9.17, 15) is 4.79 Å². The standard InChI is InChI=1S/C14H20N2O.ClH/c1-14(2)8-12(14)13(17)16-11-6-4-10(5-7-11)9-15-3;/h4-7,12,15H,8-9H2,1-3H3,(H,16,17);1H. The molecule has 0 spiro atoms. The zero-order valence-corrected chi connectivity index (χ0v) is 11.9. The first-order valence-corrected chi connectivity index (χ1v) is 6.07. The summed E-state index contributed by atoms with van der Waals surface area (Å²) in [6.45, 7) is 5.12. The molecule has 1 amide bonds. The molecule has 1 saturated carbocycles. The van der Waals surface area contributed by atoms with E-state index >= 15 is 0 Å². The molecule has 2 N–H and O–H groups in total. The smallest absolute Gasteiger partial charge is 0.228 e. The molecule has 3 nitrogen and oxygen atoms in total. The molecule has 0 radical (unpaired) electrons. The molecule has 1 aromatic carbocycles. The lowest BCUT2D eigenvalue weighted by Gasteiger charge is -2.07. The molecule has 1 aliphatic carbocycles. The first-order chi connectivity index (χ1) is 8.03. The van der Waals surface area contributed by atoms with Crippen molar-refractivity contribution in [2.24, 2.45) is 11.3 Å². The summed E-state index contributed by atoms with van der Waals surface area (Å²) in [5.74, 6) is 0.329. The number of halogens is 1. The molecule has 2 rings (SSSR count). The van der Waals surface area contributed by atoms with Crippen molar-refractivity contribution in [1.82, 2.24) is 5.32 Å². The minimum atomic E-state index is 0. The fourth-order valence-corrected chi connectivity index (χ4v) is 2.05. The second-order valence-corrected chi connectivity index (χ2v) is 5.46. The van der Waals surface area contributed by atoms with E-state index in [1.165, 1.54) is 5.56 Å². The average molecular weight is 269 g/mol. The average Bonchev–Trinajstić information content (AvgIpc) is 2.91. The van der Waals surface area contributed by atoms with Crippen molar-refractivity contribution in [2.45, 2.75) is 26.8 Å². The fourth-order valence-electron chi connectivity index (χ4n) is 2.05. The Balaban J connectivity index is 0.00000162. The minimum absolute atomic E-state index is 0. The quantitative estimate of drug-likeness (QED) is 0.882. The van der Waals surface area contributed by atoms with Gasteiger partial charge in [-0.2, -0.15) is 0 Å². The number of hydrogen-bond donors (Lipinski definition) is 2. The number of carbonyl (C=O) groups excluding carboxylic acids is 1. The maximum atomic E-state index is 11.9. The van der Waals surface area contributed by atoms with Crippen LogP contribution in [-0.4, -0.2) is 13.0 Å². The van der Waals surface area contributed by atoms with Crippen molar-refractivity contribution in [3.63, 3.8) is 0 Å². The lowest BCUT2D eigenvalue weighted by Crippen LogP contribution is -2.16. The monoisotopic (exact) mass is 268 g/mol. The third-order valence-electron chi connectivity index (χ3n) is 3.43. The number of rotatable bonds is 4. The Morgan fingerprint density at radius 3 is 2.33 bits per heavy atom. The maximum Gasteiger partial charge on any atom is 0.228 e. The number of amides is 1. The summed E-state index contributed by atoms with van der Waals surface area (Å²) < 4.78 is 0. The largest absolute Gasteiger partial charge is 0.326 e. The van der Waals surface area contributed by atoms with Crippen LogP contribution in [0.1, 0.15) is 25.8 Å². The lowest BCUT2D eigenvalue weighted by atomic mass is 10.1. The van der Waals surface area contributed by atoms with Gasteiger partial charge in [-0.1, -0.05) is 26.0 Å². The Labute approximate surface area is 115 Å². The third kappa shape index (κ3) is 3.47. The van der Waals surface area contributed by atoms with Crippen molar-refractivity contribution in [3.8, 4) is 0 Å². The van der Waals surface area contributed by atoms with Gasteiger partial charge in [-0.25, -0.2) is 0 Å². The van der Waals surface area contributed by atoms with Crippen molar-refractivity contribution >= 4 is 24.0 Å². The van der Waals surface area contributed by atoms with E-state index in [-0.39, 0.29) is 29.6 Å². The maximum absolute atomic E-state index is 11.9. The van der Waals surface area contributed by atoms with E-state index in [1.54, 1.807) is 0 Å². The van der Waals surface area contributed by atoms with E-state index in [0.29, 0.717) is 0 Å². The molecule has 1 aromatic rings. The van der Waals surface area contributed by atoms with Crippen LogP contribution in [0.15, 0.2) is 24.3 Å². The van der Waals surface area contributed by atoms with Crippen LogP contribution in [0.3, 0.4) is 0 Å². The molecule has 4 heteroatoms. The van der Waals surface area contributed by atoms with Gasteiger partial charge in [-0.3, -0.25) is 4.79 Å². The Kier molecular flexibility index (Phi) is 4.77. The number of anilines is 1. The van der Waals surface area contributed by atoms with Crippen molar-refractivity contribution in [3.05, 3.63) is 29.8 Å². The predicted molar refractivity (Wildman–Crippen MR) is 77.0 cm³/mol. The van der Waals surface area contributed by atoms with Crippen LogP contribution >= 0.6 is 12.4 Å². The van der Waals surface area contributed by atoms with Gasteiger partial charge in [-0.05, 0) is 36.6 Å². The fraction of sp³-hybridized carbons (Fsp3) is 0.500. The molecule has 18 heavy (non-hydrogen) atoms. The third-order valence-corrected chi connectivity index (χ3v) is 3.43. The Morgan fingerprint density at radius 2 is 1.89 bits per heavy atom. The van der Waals surface area contributed by atoms with E-state index in [1.807, 2.05) is 31.3 Å². The number of nitrogens with one attached hydrogen (secondary N) is 2. The van der Waals surface area contributed by atoms with Crippen LogP contribution in [0.5, 0.6) is 0 Å². The van der Waals surface area contributed by atoms with E-state index in [2.05, 4.69) is 24.5 Å². The molecule has 0 heterocycles. The summed E-state index contributed by atoms with van der Waals surface area (Å²) in [5, 5.41) is 6.07. The molecular formula is C14H21ClN2O. The highest BCUT2D eigenvalue weighted by atomic mass is 35.5. The molecule has 1 fully saturated rings. The molecule has 0 aromatic heterocycles. The van der Waals surface area contributed by atoms with Crippen molar-refractivity contribution in [2.75, 3.05) is 12.4 Å². The molecule has 100 valence electrons. The van der Waals surface area contributed by atoms with Crippen LogP contribution in [0.25, 0.3) is 0 Å². The highest BCUT2D eigenvalue weighted by molar-refractivity contribution is 5.94. The second kappa shape index (κ2) is 5.72. The number of benzene rings is 1. The number of carbonyl (C=O) groups is 1. The first-order valence-electron chi connectivity index (χ1n) is 6.07. The zero-order valence-electron chi connectivity index (χ0n) is 11.1. The van der Waals surface area contributed by atoms with Crippen LogP contribution in [-0.2, 0) is 11.3 Å². The van der Waals surface area contributed by atoms with Crippen LogP contribution in [0.4, 0.5) is 5.69 Å². The van der Waals surface area contributed by atoms with Gasteiger partial charge in [0.15, 0.2) is 0 Å². The van der Waals surface area contributed by atoms with Gasteiger partial charge in [0.2, 0.25) is 5.91 Å². The summed E-state index contributed by atoms with van der Waals surface area (Å²) >= 11 is 0. The van der Waals surface area contributed by atoms with Crippen LogP contribution in [0, 0.1) is 11.3 Å². The molecule has 1 unspecified atom stereocenters. The van der Waals surface area contributed by atoms with Gasteiger partial charge in [0.1, 0.15) is 0 Å². The zero-order chi connectivity index (χ0) is 12.5. The summed E-state index contributed by atoms with van der Waals surface area (Å²) in [6, 6.07) is 7.98. The van der Waals surface area contributed by atoms with Crippen molar-refractivity contribution < 1.29 is 4.79 Å². The van der Waals surface area contributed by atoms with Gasteiger partial charge in [0, 0.05) is 18.2 Å². The predicted octanol–water partition coefficient (Wildman–Crippen LogP) is 2.81. The molecule has 1 aliphatic rings. The molecule has 0 saturated heterocycles. The van der Waals surface area contributed by atoms with E-state index < -0.39 is 0 Å². The highest BCUT2D eigenvalue weighted by Crippen LogP contribution is 2.51. The summed E-state index contributed by atoms with van der Waals surface area (Å²) in [6.07, 6.45) is 0.997. The molecule has 0 bridgehead atoms. The first kappa shape index (κ1) is 15.0. The topological polar surface area (TPSA) is 41.1 Å². The lowest BCUT2D eigenvalue weighted by molar-refractivity contribution is -0.117. The Bertz CT molecular complexity index is 414. The summed E-state index contributed by atoms with van der Waals surface area (Å²) in [7, 11) is 1.92. The van der Waals surface area contributed by atoms with Crippen LogP contribution < -0.4 is 10.6 Å². The van der Waals surface area contributed by atoms with Gasteiger partial charge in [0.25, 0.3) is 0 Å². The Morgan fingerprint density at radius 1 is 1.33 bits per heavy atom. The number of hydrogen-bond acceptors (Lipinski definition) is 2. The van der Waals surface area contributed by atoms with Crippen LogP contribution in [0.2, 0.25) is 0 Å². The molecule has 0 aliphatic heterocycles. The minimum Gasteiger partial charge on any atom is -0.326 e. The van der Waals surface area contributed by atoms with Crippen molar-refractivity contribution in [1.29, 1.82) is 0 Å².